The van der Waals surface area contributed by atoms with Crippen molar-refractivity contribution in [3.05, 3.63) is 22.4 Å². The van der Waals surface area contributed by atoms with Gasteiger partial charge in [-0.25, -0.2) is 0 Å². The Balaban J connectivity index is 1.68. The zero-order valence-corrected chi connectivity index (χ0v) is 9.44. The average Bonchev–Trinajstić information content (AvgIpc) is 2.78. The van der Waals surface area contributed by atoms with Crippen molar-refractivity contribution in [3.63, 3.8) is 0 Å². The summed E-state index contributed by atoms with van der Waals surface area (Å²) < 4.78 is 0. The predicted molar refractivity (Wildman–Crippen MR) is 61.6 cm³/mol. The number of thiophene rings is 1. The van der Waals surface area contributed by atoms with E-state index in [0.29, 0.717) is 6.04 Å². The molecule has 1 aliphatic heterocycles. The molecule has 1 aromatic heterocycles. The van der Waals surface area contributed by atoms with E-state index in [0.717, 1.165) is 19.0 Å². The van der Waals surface area contributed by atoms with Gasteiger partial charge in [-0.15, -0.1) is 0 Å². The lowest BCUT2D eigenvalue weighted by atomic mass is 10.0. The maximum absolute atomic E-state index is 3.53. The largest absolute Gasteiger partial charge is 0.314 e. The molecule has 1 fully saturated rings. The van der Waals surface area contributed by atoms with Crippen LogP contribution in [0.3, 0.4) is 0 Å². The van der Waals surface area contributed by atoms with Gasteiger partial charge in [0, 0.05) is 12.6 Å². The Morgan fingerprint density at radius 2 is 2.57 bits per heavy atom. The van der Waals surface area contributed by atoms with Crippen LogP contribution < -0.4 is 10.6 Å². The van der Waals surface area contributed by atoms with Crippen LogP contribution in [0.25, 0.3) is 0 Å². The van der Waals surface area contributed by atoms with E-state index in [1.165, 1.54) is 18.5 Å². The van der Waals surface area contributed by atoms with Gasteiger partial charge in [-0.05, 0) is 54.7 Å². The molecule has 0 radical (unpaired) electrons. The molecule has 0 spiro atoms. The number of nitrogens with one attached hydrogen (secondary N) is 2. The molecule has 2 rings (SSSR count). The zero-order chi connectivity index (χ0) is 9.80. The highest BCUT2D eigenvalue weighted by Crippen LogP contribution is 2.14. The SMILES string of the molecule is CC1NCCC1CNCc1ccsc1. The second kappa shape index (κ2) is 4.91. The third-order valence-corrected chi connectivity index (χ3v) is 3.74. The molecule has 3 heteroatoms. The van der Waals surface area contributed by atoms with Gasteiger partial charge in [-0.3, -0.25) is 0 Å². The van der Waals surface area contributed by atoms with Gasteiger partial charge in [0.25, 0.3) is 0 Å². The lowest BCUT2D eigenvalue weighted by molar-refractivity contribution is 0.439. The molecule has 1 aromatic rings. The van der Waals surface area contributed by atoms with Crippen LogP contribution in [0.5, 0.6) is 0 Å². The molecular formula is C11H18N2S. The van der Waals surface area contributed by atoms with Crippen molar-refractivity contribution in [2.24, 2.45) is 5.92 Å². The van der Waals surface area contributed by atoms with E-state index >= 15 is 0 Å². The quantitative estimate of drug-likeness (QED) is 0.792. The van der Waals surface area contributed by atoms with Crippen LogP contribution in [-0.4, -0.2) is 19.1 Å². The molecule has 14 heavy (non-hydrogen) atoms. The fourth-order valence-corrected chi connectivity index (χ4v) is 2.66. The van der Waals surface area contributed by atoms with E-state index in [1.807, 2.05) is 0 Å². The van der Waals surface area contributed by atoms with E-state index in [2.05, 4.69) is 34.4 Å². The normalized spacial score (nSPS) is 26.9. The first-order chi connectivity index (χ1) is 6.86. The van der Waals surface area contributed by atoms with Gasteiger partial charge in [0.15, 0.2) is 0 Å². The van der Waals surface area contributed by atoms with Gasteiger partial charge in [0.05, 0.1) is 0 Å². The molecule has 0 aromatic carbocycles. The molecule has 2 N–H and O–H groups in total. The van der Waals surface area contributed by atoms with Crippen molar-refractivity contribution in [3.8, 4) is 0 Å². The molecule has 0 bridgehead atoms. The van der Waals surface area contributed by atoms with Crippen LogP contribution >= 0.6 is 11.3 Å². The predicted octanol–water partition coefficient (Wildman–Crippen LogP) is 1.84. The summed E-state index contributed by atoms with van der Waals surface area (Å²) in [6, 6.07) is 2.87. The number of rotatable bonds is 4. The Morgan fingerprint density at radius 3 is 3.21 bits per heavy atom. The van der Waals surface area contributed by atoms with E-state index in [9.17, 15) is 0 Å². The Kier molecular flexibility index (Phi) is 3.56. The van der Waals surface area contributed by atoms with Gasteiger partial charge in [0.2, 0.25) is 0 Å². The van der Waals surface area contributed by atoms with Gasteiger partial charge >= 0.3 is 0 Å². The molecule has 0 amide bonds. The summed E-state index contributed by atoms with van der Waals surface area (Å²) in [6.45, 7) is 5.63. The summed E-state index contributed by atoms with van der Waals surface area (Å²) in [7, 11) is 0. The van der Waals surface area contributed by atoms with Gasteiger partial charge < -0.3 is 10.6 Å². The Hall–Kier alpha value is -0.380. The van der Waals surface area contributed by atoms with Crippen molar-refractivity contribution < 1.29 is 0 Å². The molecule has 1 aliphatic rings. The van der Waals surface area contributed by atoms with Crippen molar-refractivity contribution in [2.45, 2.75) is 25.9 Å². The Labute approximate surface area is 89.7 Å². The summed E-state index contributed by atoms with van der Waals surface area (Å²) in [5, 5.41) is 11.3. The summed E-state index contributed by atoms with van der Waals surface area (Å²) in [5.74, 6) is 0.814. The first-order valence-corrected chi connectivity index (χ1v) is 6.25. The summed E-state index contributed by atoms with van der Waals surface area (Å²) in [6.07, 6.45) is 1.32. The van der Waals surface area contributed by atoms with E-state index in [-0.39, 0.29) is 0 Å². The topological polar surface area (TPSA) is 24.1 Å². The van der Waals surface area contributed by atoms with E-state index in [4.69, 9.17) is 0 Å². The number of hydrogen-bond acceptors (Lipinski definition) is 3. The van der Waals surface area contributed by atoms with Crippen molar-refractivity contribution in [1.82, 2.24) is 10.6 Å². The van der Waals surface area contributed by atoms with Crippen molar-refractivity contribution >= 4 is 11.3 Å². The molecule has 2 atom stereocenters. The minimum Gasteiger partial charge on any atom is -0.314 e. The minimum atomic E-state index is 0.685. The van der Waals surface area contributed by atoms with Crippen molar-refractivity contribution in [2.75, 3.05) is 13.1 Å². The maximum Gasteiger partial charge on any atom is 0.0213 e. The standard InChI is InChI=1S/C11H18N2S/c1-9-11(2-4-13-9)7-12-6-10-3-5-14-8-10/h3,5,8-9,11-13H,2,4,6-7H2,1H3. The second-order valence-electron chi connectivity index (χ2n) is 4.05. The van der Waals surface area contributed by atoms with Crippen LogP contribution in [0, 0.1) is 5.92 Å². The minimum absolute atomic E-state index is 0.685. The Bertz CT molecular complexity index is 258. The molecule has 0 aliphatic carbocycles. The first-order valence-electron chi connectivity index (χ1n) is 5.31. The van der Waals surface area contributed by atoms with Crippen LogP contribution in [-0.2, 0) is 6.54 Å². The highest BCUT2D eigenvalue weighted by Gasteiger charge is 2.21. The smallest absolute Gasteiger partial charge is 0.0213 e. The fourth-order valence-electron chi connectivity index (χ4n) is 1.99. The lowest BCUT2D eigenvalue weighted by Crippen LogP contribution is -2.30. The van der Waals surface area contributed by atoms with Crippen molar-refractivity contribution in [1.29, 1.82) is 0 Å². The first kappa shape index (κ1) is 10.1. The highest BCUT2D eigenvalue weighted by atomic mass is 32.1. The second-order valence-corrected chi connectivity index (χ2v) is 4.83. The third kappa shape index (κ3) is 2.56. The van der Waals surface area contributed by atoms with Gasteiger partial charge in [0.1, 0.15) is 0 Å². The highest BCUT2D eigenvalue weighted by molar-refractivity contribution is 7.07. The molecule has 78 valence electrons. The van der Waals surface area contributed by atoms with Crippen LogP contribution in [0.15, 0.2) is 16.8 Å². The summed E-state index contributed by atoms with van der Waals surface area (Å²) >= 11 is 1.77. The van der Waals surface area contributed by atoms with Crippen LogP contribution in [0.4, 0.5) is 0 Å². The molecular weight excluding hydrogens is 192 g/mol. The van der Waals surface area contributed by atoms with Crippen LogP contribution in [0.1, 0.15) is 18.9 Å². The summed E-state index contributed by atoms with van der Waals surface area (Å²) in [5.41, 5.74) is 1.41. The monoisotopic (exact) mass is 210 g/mol. The van der Waals surface area contributed by atoms with E-state index < -0.39 is 0 Å². The van der Waals surface area contributed by atoms with Gasteiger partial charge in [-0.2, -0.15) is 11.3 Å². The average molecular weight is 210 g/mol. The van der Waals surface area contributed by atoms with Gasteiger partial charge in [-0.1, -0.05) is 0 Å². The zero-order valence-electron chi connectivity index (χ0n) is 8.62. The molecule has 2 nitrogen and oxygen atoms in total. The Morgan fingerprint density at radius 1 is 1.64 bits per heavy atom. The third-order valence-electron chi connectivity index (χ3n) is 3.00. The number of hydrogen-bond donors (Lipinski definition) is 2. The molecule has 0 saturated carbocycles. The maximum atomic E-state index is 3.53. The van der Waals surface area contributed by atoms with E-state index in [1.54, 1.807) is 11.3 Å². The van der Waals surface area contributed by atoms with Crippen LogP contribution in [0.2, 0.25) is 0 Å². The lowest BCUT2D eigenvalue weighted by Gasteiger charge is -2.15. The summed E-state index contributed by atoms with van der Waals surface area (Å²) in [4.78, 5) is 0. The molecule has 2 heterocycles. The molecule has 1 saturated heterocycles. The fraction of sp³-hybridized carbons (Fsp3) is 0.636. The molecule has 2 unspecified atom stereocenters.